The quantitative estimate of drug-likeness (QED) is 0.129. The van der Waals surface area contributed by atoms with E-state index >= 15 is 0 Å². The van der Waals surface area contributed by atoms with Gasteiger partial charge in [-0.2, -0.15) is 15.8 Å². The van der Waals surface area contributed by atoms with Crippen molar-refractivity contribution in [3.8, 4) is 24.0 Å². The molecule has 558 valence electrons. The summed E-state index contributed by atoms with van der Waals surface area (Å²) in [6.07, 6.45) is 0. The Kier molecular flexibility index (Phi) is 46.2. The number of rotatable bonds is 11. The van der Waals surface area contributed by atoms with E-state index in [1.807, 2.05) is 105 Å². The van der Waals surface area contributed by atoms with Crippen molar-refractivity contribution in [2.24, 2.45) is 0 Å². The number of benzene rings is 10. The van der Waals surface area contributed by atoms with Crippen molar-refractivity contribution in [1.29, 1.82) is 15.8 Å². The lowest BCUT2D eigenvalue weighted by Crippen LogP contribution is -1.96. The molecular weight excluding hydrogens is 1300 g/mol. The zero-order chi connectivity index (χ0) is 79.3. The monoisotopic (exact) mass is 1430 g/mol. The smallest absolute Gasteiger partial charge is 0.127 e. The molecule has 0 aromatic heterocycles. The van der Waals surface area contributed by atoms with Gasteiger partial charge >= 0.3 is 0 Å². The highest BCUT2D eigenvalue weighted by Gasteiger charge is 2.12. The number of ether oxygens (including phenoxy) is 1. The van der Waals surface area contributed by atoms with Gasteiger partial charge in [0.15, 0.2) is 0 Å². The molecule has 0 amide bonds. The SMILES string of the molecule is CC(C)c1c(F)cccc1C#N.CC(C)c1ccc(C#N)cc1.CC(C)c1ccccc1C#N.CC(C)c1ccccc1Cl.COc1ccccc1C(C)C.Cc1cccc(C(C)C)c1.Cc1cccc(C(C)C)c1.Cc1cccc(C(C)C)c1.Cc1cccc(C(C)C)c1.Cc1ccccc1C(C)C. The van der Waals surface area contributed by atoms with E-state index in [-0.39, 0.29) is 11.7 Å². The molecule has 0 aliphatic rings. The van der Waals surface area contributed by atoms with Gasteiger partial charge in [-0.25, -0.2) is 4.39 Å². The molecular formula is C99H127ClFN3O. The molecule has 6 heteroatoms. The minimum Gasteiger partial charge on any atom is -0.496 e. The number of aryl methyl sites for hydroxylation is 5. The van der Waals surface area contributed by atoms with Crippen LogP contribution in [-0.4, -0.2) is 7.11 Å². The molecule has 0 atom stereocenters. The molecule has 105 heavy (non-hydrogen) atoms. The van der Waals surface area contributed by atoms with Crippen LogP contribution in [0.4, 0.5) is 4.39 Å². The summed E-state index contributed by atoms with van der Waals surface area (Å²) < 4.78 is 18.3. The van der Waals surface area contributed by atoms with Gasteiger partial charge < -0.3 is 4.74 Å². The molecule has 10 rings (SSSR count). The predicted molar refractivity (Wildman–Crippen MR) is 455 cm³/mol. The Labute approximate surface area is 643 Å². The third-order valence-electron chi connectivity index (χ3n) is 17.1. The molecule has 0 saturated heterocycles. The van der Waals surface area contributed by atoms with Crippen molar-refractivity contribution >= 4 is 11.6 Å². The topological polar surface area (TPSA) is 80.6 Å². The van der Waals surface area contributed by atoms with Crippen molar-refractivity contribution in [1.82, 2.24) is 0 Å². The normalized spacial score (nSPS) is 10.2. The molecule has 0 bridgehead atoms. The van der Waals surface area contributed by atoms with E-state index in [9.17, 15) is 4.39 Å². The Morgan fingerprint density at radius 2 is 0.619 bits per heavy atom. The molecule has 0 heterocycles. The van der Waals surface area contributed by atoms with Crippen molar-refractivity contribution in [3.63, 3.8) is 0 Å². The van der Waals surface area contributed by atoms with Crippen LogP contribution in [0, 0.1) is 74.4 Å². The number of methoxy groups -OCH3 is 1. The molecule has 0 aliphatic carbocycles. The lowest BCUT2D eigenvalue weighted by Gasteiger charge is -2.10. The lowest BCUT2D eigenvalue weighted by atomic mass is 9.97. The number of halogens is 2. The maximum absolute atomic E-state index is 13.1. The van der Waals surface area contributed by atoms with Crippen LogP contribution in [0.3, 0.4) is 0 Å². The summed E-state index contributed by atoms with van der Waals surface area (Å²) in [5, 5.41) is 26.8. The van der Waals surface area contributed by atoms with Gasteiger partial charge in [0.25, 0.3) is 0 Å². The Hall–Kier alpha value is -9.31. The Morgan fingerprint density at radius 1 is 0.295 bits per heavy atom. The van der Waals surface area contributed by atoms with Crippen LogP contribution >= 0.6 is 11.6 Å². The van der Waals surface area contributed by atoms with E-state index in [2.05, 4.69) is 305 Å². The second kappa shape index (κ2) is 51.8. The summed E-state index contributed by atoms with van der Waals surface area (Å²) in [5.41, 5.74) is 21.4. The third-order valence-corrected chi connectivity index (χ3v) is 17.4. The summed E-state index contributed by atoms with van der Waals surface area (Å²) in [6, 6.07) is 85.6. The molecule has 0 N–H and O–H groups in total. The molecule has 0 fully saturated rings. The number of hydrogen-bond acceptors (Lipinski definition) is 4. The van der Waals surface area contributed by atoms with E-state index in [4.69, 9.17) is 32.1 Å². The Balaban J connectivity index is 0.000000584. The van der Waals surface area contributed by atoms with Crippen LogP contribution in [0.5, 0.6) is 5.75 Å². The van der Waals surface area contributed by atoms with Gasteiger partial charge in [0.2, 0.25) is 0 Å². The number of hydrogen-bond donors (Lipinski definition) is 0. The molecule has 10 aromatic carbocycles. The highest BCUT2D eigenvalue weighted by molar-refractivity contribution is 6.31. The lowest BCUT2D eigenvalue weighted by molar-refractivity contribution is 0.407. The molecule has 0 aliphatic heterocycles. The Morgan fingerprint density at radius 3 is 0.886 bits per heavy atom. The van der Waals surface area contributed by atoms with Gasteiger partial charge in [-0.1, -0.05) is 366 Å². The standard InChI is InChI=1S/C10H10FN.2C10H11N.C10H14O.5C10H14.C9H11Cl/c1-7(2)10-8(6-12)4-3-5-9(10)11;1-8(2)10-5-3-9(7-11)4-6-10;1-8(2)10-6-4-3-5-9(10)7-11;1-8(2)9-6-4-5-7-10(9)11-3;4*1-8(2)10-6-4-5-9(3)7-10;1-8(2)10-7-5-4-6-9(10)3;1-7(2)8-5-3-4-6-9(8)10/h3-5,7H,1-2H3;2*3-6,8H,1-2H3;4-8H,1-3H3;5*4-8H,1-3H3;3-7H,1-2H3. The molecule has 10 aromatic rings. The van der Waals surface area contributed by atoms with E-state index in [1.165, 1.54) is 78.4 Å². The van der Waals surface area contributed by atoms with Crippen LogP contribution in [0.1, 0.15) is 298 Å². The van der Waals surface area contributed by atoms with Crippen LogP contribution < -0.4 is 4.74 Å². The first-order chi connectivity index (χ1) is 49.6. The van der Waals surface area contributed by atoms with Crippen LogP contribution in [0.2, 0.25) is 5.02 Å². The minimum absolute atomic E-state index is 0.0563. The first-order valence-electron chi connectivity index (χ1n) is 37.5. The van der Waals surface area contributed by atoms with E-state index in [0.29, 0.717) is 64.4 Å². The number of para-hydroxylation sites is 1. The molecule has 0 saturated carbocycles. The average molecular weight is 1430 g/mol. The summed E-state index contributed by atoms with van der Waals surface area (Å²) in [4.78, 5) is 0. The highest BCUT2D eigenvalue weighted by Crippen LogP contribution is 2.27. The van der Waals surface area contributed by atoms with Gasteiger partial charge in [0.1, 0.15) is 11.6 Å². The average Bonchev–Trinajstić information content (AvgIpc) is 0.847. The third kappa shape index (κ3) is 37.8. The van der Waals surface area contributed by atoms with Crippen molar-refractivity contribution in [3.05, 3.63) is 348 Å². The first-order valence-corrected chi connectivity index (χ1v) is 37.9. The molecule has 4 nitrogen and oxygen atoms in total. The summed E-state index contributed by atoms with van der Waals surface area (Å²) in [6.45, 7) is 53.7. The second-order valence-electron chi connectivity index (χ2n) is 29.6. The first kappa shape index (κ1) is 93.7. The maximum atomic E-state index is 13.1. The summed E-state index contributed by atoms with van der Waals surface area (Å²) >= 11 is 5.92. The molecule has 0 spiro atoms. The predicted octanol–water partition coefficient (Wildman–Crippen LogP) is 30.1. The fourth-order valence-electron chi connectivity index (χ4n) is 10.7. The minimum atomic E-state index is -0.288. The van der Waals surface area contributed by atoms with Gasteiger partial charge in [-0.3, -0.25) is 0 Å². The highest BCUT2D eigenvalue weighted by atomic mass is 35.5. The molecule has 0 unspecified atom stereocenters. The van der Waals surface area contributed by atoms with Crippen molar-refractivity contribution in [2.75, 3.05) is 7.11 Å². The Bertz CT molecular complexity index is 3920. The maximum Gasteiger partial charge on any atom is 0.127 e. The van der Waals surface area contributed by atoms with Gasteiger partial charge in [0, 0.05) is 10.6 Å². The van der Waals surface area contributed by atoms with Crippen LogP contribution in [0.15, 0.2) is 237 Å². The molecule has 0 radical (unpaired) electrons. The van der Waals surface area contributed by atoms with Gasteiger partial charge in [0.05, 0.1) is 42.0 Å². The second-order valence-corrected chi connectivity index (χ2v) is 30.0. The summed E-state index contributed by atoms with van der Waals surface area (Å²) in [5.74, 6) is 6.06. The summed E-state index contributed by atoms with van der Waals surface area (Å²) in [7, 11) is 1.71. The van der Waals surface area contributed by atoms with E-state index in [1.54, 1.807) is 19.2 Å². The number of nitriles is 3. The van der Waals surface area contributed by atoms with E-state index in [0.717, 1.165) is 27.5 Å². The largest absolute Gasteiger partial charge is 0.496 e. The van der Waals surface area contributed by atoms with E-state index < -0.39 is 0 Å². The van der Waals surface area contributed by atoms with Crippen LogP contribution in [-0.2, 0) is 0 Å². The fraction of sp³-hybridized carbons (Fsp3) is 0.364. The van der Waals surface area contributed by atoms with Gasteiger partial charge in [-0.05, 0) is 192 Å². The zero-order valence-corrected chi connectivity index (χ0v) is 69.6. The van der Waals surface area contributed by atoms with Crippen LogP contribution in [0.25, 0.3) is 0 Å². The van der Waals surface area contributed by atoms with Crippen molar-refractivity contribution in [2.45, 2.75) is 232 Å². The number of nitrogens with zero attached hydrogens (tertiary/aromatic N) is 3. The zero-order valence-electron chi connectivity index (χ0n) is 68.8. The van der Waals surface area contributed by atoms with Gasteiger partial charge in [-0.15, -0.1) is 0 Å². The fourth-order valence-corrected chi connectivity index (χ4v) is 11.1. The van der Waals surface area contributed by atoms with Crippen molar-refractivity contribution < 1.29 is 9.13 Å².